The number of nitrogens with zero attached hydrogens (tertiary/aromatic N) is 2. The van der Waals surface area contributed by atoms with Crippen LogP contribution >= 0.6 is 12.2 Å². The minimum atomic E-state index is -0.00743. The van der Waals surface area contributed by atoms with E-state index in [1.807, 2.05) is 30.3 Å². The Kier molecular flexibility index (Phi) is 5.58. The fourth-order valence-electron chi connectivity index (χ4n) is 3.42. The summed E-state index contributed by atoms with van der Waals surface area (Å²) in [5.41, 5.74) is 11.5. The van der Waals surface area contributed by atoms with Crippen LogP contribution in [0.1, 0.15) is 34.7 Å². The van der Waals surface area contributed by atoms with Crippen LogP contribution in [0.2, 0.25) is 0 Å². The first-order valence-corrected chi connectivity index (χ1v) is 10.0. The second-order valence-corrected chi connectivity index (χ2v) is 7.58. The van der Waals surface area contributed by atoms with Gasteiger partial charge in [0.2, 0.25) is 0 Å². The lowest BCUT2D eigenvalue weighted by Gasteiger charge is -2.22. The number of hydrazone groups is 1. The van der Waals surface area contributed by atoms with E-state index < -0.39 is 0 Å². The van der Waals surface area contributed by atoms with Gasteiger partial charge in [0.15, 0.2) is 5.11 Å². The lowest BCUT2D eigenvalue weighted by atomic mass is 9.98. The number of hydrogen-bond acceptors (Lipinski definition) is 3. The lowest BCUT2D eigenvalue weighted by molar-refractivity contribution is 0.305. The molecule has 0 fully saturated rings. The monoisotopic (exact) mass is 401 g/mol. The average molecular weight is 402 g/mol. The average Bonchev–Trinajstić information content (AvgIpc) is 3.20. The highest BCUT2D eigenvalue weighted by Gasteiger charge is 2.30. The van der Waals surface area contributed by atoms with Crippen molar-refractivity contribution in [3.63, 3.8) is 0 Å². The molecule has 1 aliphatic heterocycles. The molecule has 3 aromatic rings. The number of thiocarbonyl (C=S) groups is 1. The summed E-state index contributed by atoms with van der Waals surface area (Å²) in [5.74, 6) is 0.831. The van der Waals surface area contributed by atoms with Gasteiger partial charge in [0.25, 0.3) is 0 Å². The van der Waals surface area contributed by atoms with Crippen molar-refractivity contribution in [2.75, 3.05) is 0 Å². The number of hydrogen-bond donors (Lipinski definition) is 1. The van der Waals surface area contributed by atoms with Crippen LogP contribution in [0.15, 0.2) is 84.0 Å². The van der Waals surface area contributed by atoms with E-state index in [1.54, 1.807) is 5.01 Å². The van der Waals surface area contributed by atoms with Crippen LogP contribution < -0.4 is 10.5 Å². The van der Waals surface area contributed by atoms with E-state index in [0.717, 1.165) is 34.6 Å². The predicted octanol–water partition coefficient (Wildman–Crippen LogP) is 4.97. The van der Waals surface area contributed by atoms with Crippen molar-refractivity contribution >= 4 is 23.0 Å². The van der Waals surface area contributed by atoms with Gasteiger partial charge in [-0.05, 0) is 48.0 Å². The van der Waals surface area contributed by atoms with Crippen LogP contribution in [-0.4, -0.2) is 15.8 Å². The SMILES string of the molecule is Cc1ccc(C2=NN(C(N)=S)C(c3ccc(OCc4ccccc4)cc3)C2)cc1. The number of ether oxygens (including phenoxy) is 1. The van der Waals surface area contributed by atoms with Crippen LogP contribution in [0.5, 0.6) is 5.75 Å². The number of rotatable bonds is 5. The topological polar surface area (TPSA) is 50.8 Å². The molecule has 146 valence electrons. The fourth-order valence-corrected chi connectivity index (χ4v) is 3.59. The highest BCUT2D eigenvalue weighted by atomic mass is 32.1. The summed E-state index contributed by atoms with van der Waals surface area (Å²) in [4.78, 5) is 0. The quantitative estimate of drug-likeness (QED) is 0.614. The third-order valence-electron chi connectivity index (χ3n) is 5.03. The highest BCUT2D eigenvalue weighted by molar-refractivity contribution is 7.80. The Balaban J connectivity index is 1.48. The Morgan fingerprint density at radius 1 is 1.03 bits per heavy atom. The molecule has 0 aromatic heterocycles. The first-order chi connectivity index (χ1) is 14.1. The third kappa shape index (κ3) is 4.46. The Hall–Kier alpha value is -3.18. The van der Waals surface area contributed by atoms with Gasteiger partial charge in [-0.1, -0.05) is 72.3 Å². The van der Waals surface area contributed by atoms with Gasteiger partial charge >= 0.3 is 0 Å². The maximum absolute atomic E-state index is 5.96. The van der Waals surface area contributed by atoms with Crippen LogP contribution in [-0.2, 0) is 6.61 Å². The van der Waals surface area contributed by atoms with E-state index in [-0.39, 0.29) is 11.2 Å². The molecule has 0 aliphatic carbocycles. The smallest absolute Gasteiger partial charge is 0.187 e. The van der Waals surface area contributed by atoms with Gasteiger partial charge in [-0.3, -0.25) is 0 Å². The van der Waals surface area contributed by atoms with E-state index in [1.165, 1.54) is 5.56 Å². The molecule has 0 saturated carbocycles. The second kappa shape index (κ2) is 8.45. The van der Waals surface area contributed by atoms with E-state index in [0.29, 0.717) is 6.61 Å². The molecule has 4 rings (SSSR count). The molecule has 1 heterocycles. The number of benzene rings is 3. The molecule has 1 unspecified atom stereocenters. The van der Waals surface area contributed by atoms with Crippen molar-refractivity contribution in [2.45, 2.75) is 26.0 Å². The molecule has 29 heavy (non-hydrogen) atoms. The fraction of sp³-hybridized carbons (Fsp3) is 0.167. The summed E-state index contributed by atoms with van der Waals surface area (Å²) in [6.45, 7) is 2.62. The normalized spacial score (nSPS) is 15.8. The van der Waals surface area contributed by atoms with Crippen LogP contribution in [0.4, 0.5) is 0 Å². The van der Waals surface area contributed by atoms with Crippen LogP contribution in [0, 0.1) is 6.92 Å². The van der Waals surface area contributed by atoms with Crippen LogP contribution in [0.3, 0.4) is 0 Å². The molecule has 1 atom stereocenters. The molecular weight excluding hydrogens is 378 g/mol. The van der Waals surface area contributed by atoms with E-state index in [4.69, 9.17) is 27.8 Å². The zero-order chi connectivity index (χ0) is 20.2. The van der Waals surface area contributed by atoms with Crippen molar-refractivity contribution in [3.8, 4) is 5.75 Å². The molecule has 0 spiro atoms. The summed E-state index contributed by atoms with van der Waals surface area (Å²) in [6.07, 6.45) is 0.755. The highest BCUT2D eigenvalue weighted by Crippen LogP contribution is 2.33. The Morgan fingerprint density at radius 3 is 2.38 bits per heavy atom. The van der Waals surface area contributed by atoms with Gasteiger partial charge < -0.3 is 10.5 Å². The molecule has 3 aromatic carbocycles. The predicted molar refractivity (Wildman–Crippen MR) is 121 cm³/mol. The number of nitrogens with two attached hydrogens (primary N) is 1. The number of aryl methyl sites for hydroxylation is 1. The summed E-state index contributed by atoms with van der Waals surface area (Å²) in [7, 11) is 0. The minimum absolute atomic E-state index is 0.00743. The first-order valence-electron chi connectivity index (χ1n) is 9.60. The van der Waals surface area contributed by atoms with Crippen molar-refractivity contribution in [1.29, 1.82) is 0 Å². The summed E-state index contributed by atoms with van der Waals surface area (Å²) in [5, 5.41) is 6.72. The maximum Gasteiger partial charge on any atom is 0.187 e. The molecule has 4 nitrogen and oxygen atoms in total. The molecule has 5 heteroatoms. The summed E-state index contributed by atoms with van der Waals surface area (Å²) >= 11 is 5.25. The van der Waals surface area contributed by atoms with E-state index in [2.05, 4.69) is 55.5 Å². The largest absolute Gasteiger partial charge is 0.489 e. The zero-order valence-electron chi connectivity index (χ0n) is 16.3. The molecule has 0 radical (unpaired) electrons. The van der Waals surface area contributed by atoms with E-state index >= 15 is 0 Å². The molecule has 0 saturated heterocycles. The van der Waals surface area contributed by atoms with Gasteiger partial charge in [0.1, 0.15) is 12.4 Å². The lowest BCUT2D eigenvalue weighted by Crippen LogP contribution is -2.31. The van der Waals surface area contributed by atoms with Gasteiger partial charge in [-0.25, -0.2) is 5.01 Å². The van der Waals surface area contributed by atoms with Gasteiger partial charge in [0, 0.05) is 6.42 Å². The van der Waals surface area contributed by atoms with Crippen molar-refractivity contribution in [1.82, 2.24) is 5.01 Å². The van der Waals surface area contributed by atoms with Gasteiger partial charge in [0.05, 0.1) is 11.8 Å². The second-order valence-electron chi connectivity index (χ2n) is 7.16. The van der Waals surface area contributed by atoms with Crippen molar-refractivity contribution in [2.24, 2.45) is 10.8 Å². The van der Waals surface area contributed by atoms with Gasteiger partial charge in [-0.2, -0.15) is 5.10 Å². The van der Waals surface area contributed by atoms with Gasteiger partial charge in [-0.15, -0.1) is 0 Å². The third-order valence-corrected chi connectivity index (χ3v) is 5.22. The zero-order valence-corrected chi connectivity index (χ0v) is 17.1. The Labute approximate surface area is 176 Å². The van der Waals surface area contributed by atoms with Crippen LogP contribution in [0.25, 0.3) is 0 Å². The summed E-state index contributed by atoms with van der Waals surface area (Å²) in [6, 6.07) is 26.6. The summed E-state index contributed by atoms with van der Waals surface area (Å²) < 4.78 is 5.89. The minimum Gasteiger partial charge on any atom is -0.489 e. The van der Waals surface area contributed by atoms with Crippen molar-refractivity contribution in [3.05, 3.63) is 101 Å². The Bertz CT molecular complexity index is 1010. The maximum atomic E-state index is 5.96. The molecule has 1 aliphatic rings. The Morgan fingerprint density at radius 2 is 1.72 bits per heavy atom. The van der Waals surface area contributed by atoms with Crippen molar-refractivity contribution < 1.29 is 4.74 Å². The molecular formula is C24H23N3OS. The standard InChI is InChI=1S/C24H23N3OS/c1-17-7-9-19(10-8-17)22-15-23(27(26-22)24(25)29)20-11-13-21(14-12-20)28-16-18-5-3-2-4-6-18/h2-14,23H,15-16H2,1H3,(H2,25,29). The molecule has 0 amide bonds. The first kappa shape index (κ1) is 19.2. The van der Waals surface area contributed by atoms with E-state index in [9.17, 15) is 0 Å². The molecule has 0 bridgehead atoms. The molecule has 2 N–H and O–H groups in total.